The number of nitrogens with one attached hydrogen (secondary N) is 1. The highest BCUT2D eigenvalue weighted by Gasteiger charge is 2.54. The van der Waals surface area contributed by atoms with Crippen LogP contribution in [0.4, 0.5) is 0 Å². The summed E-state index contributed by atoms with van der Waals surface area (Å²) in [5, 5.41) is 13.8. The average molecular weight is 301 g/mol. The van der Waals surface area contributed by atoms with Gasteiger partial charge in [-0.2, -0.15) is 0 Å². The van der Waals surface area contributed by atoms with Gasteiger partial charge in [-0.1, -0.05) is 12.8 Å². The number of hydrogen-bond acceptors (Lipinski definition) is 4. The van der Waals surface area contributed by atoms with Crippen molar-refractivity contribution < 1.29 is 9.90 Å². The summed E-state index contributed by atoms with van der Waals surface area (Å²) < 4.78 is 0. The molecule has 3 fully saturated rings. The summed E-state index contributed by atoms with van der Waals surface area (Å²) in [7, 11) is 0. The maximum absolute atomic E-state index is 13.0. The van der Waals surface area contributed by atoms with E-state index in [9.17, 15) is 9.90 Å². The van der Waals surface area contributed by atoms with Crippen molar-refractivity contribution in [1.82, 2.24) is 15.2 Å². The molecule has 1 saturated heterocycles. The molecule has 5 nitrogen and oxygen atoms in total. The van der Waals surface area contributed by atoms with Crippen molar-refractivity contribution in [2.75, 3.05) is 6.54 Å². The molecule has 1 unspecified atom stereocenters. The summed E-state index contributed by atoms with van der Waals surface area (Å²) in [5.41, 5.74) is 1.04. The van der Waals surface area contributed by atoms with Crippen LogP contribution < -0.4 is 5.32 Å². The molecular formula is C17H23N3O2. The number of carbonyl (C=O) groups is 1. The third-order valence-corrected chi connectivity index (χ3v) is 5.30. The van der Waals surface area contributed by atoms with Gasteiger partial charge in [0.15, 0.2) is 0 Å². The zero-order chi connectivity index (χ0) is 15.3. The van der Waals surface area contributed by atoms with Gasteiger partial charge in [0.25, 0.3) is 0 Å². The molecule has 5 heteroatoms. The molecule has 1 aromatic heterocycles. The van der Waals surface area contributed by atoms with E-state index < -0.39 is 5.54 Å². The third-order valence-electron chi connectivity index (χ3n) is 5.30. The Balaban J connectivity index is 1.71. The van der Waals surface area contributed by atoms with E-state index in [0.717, 1.165) is 37.9 Å². The molecule has 1 aliphatic heterocycles. The second kappa shape index (κ2) is 4.95. The zero-order valence-corrected chi connectivity index (χ0v) is 13.0. The van der Waals surface area contributed by atoms with E-state index >= 15 is 0 Å². The van der Waals surface area contributed by atoms with Gasteiger partial charge in [-0.15, -0.1) is 0 Å². The van der Waals surface area contributed by atoms with Gasteiger partial charge in [-0.3, -0.25) is 15.1 Å². The van der Waals surface area contributed by atoms with E-state index in [4.69, 9.17) is 0 Å². The highest BCUT2D eigenvalue weighted by atomic mass is 16.3. The first-order valence-electron chi connectivity index (χ1n) is 8.34. The Hall–Kier alpha value is -1.62. The fourth-order valence-corrected chi connectivity index (χ4v) is 3.88. The van der Waals surface area contributed by atoms with Gasteiger partial charge in [0.2, 0.25) is 5.91 Å². The van der Waals surface area contributed by atoms with Gasteiger partial charge in [0, 0.05) is 12.2 Å². The maximum Gasteiger partial charge on any atom is 0.244 e. The van der Waals surface area contributed by atoms with Crippen LogP contribution in [0.15, 0.2) is 12.1 Å². The van der Waals surface area contributed by atoms with Crippen LogP contribution in [0.25, 0.3) is 0 Å². The largest absolute Gasteiger partial charge is 0.506 e. The van der Waals surface area contributed by atoms with Crippen LogP contribution in [0.2, 0.25) is 0 Å². The fraction of sp³-hybridized carbons (Fsp3) is 0.647. The van der Waals surface area contributed by atoms with Crippen LogP contribution in [-0.4, -0.2) is 33.0 Å². The molecule has 2 aliphatic carbocycles. The van der Waals surface area contributed by atoms with Gasteiger partial charge in [0.05, 0.1) is 5.54 Å². The second-order valence-corrected chi connectivity index (χ2v) is 7.09. The number of carbonyl (C=O) groups excluding carboxylic acids is 1. The van der Waals surface area contributed by atoms with Crippen LogP contribution in [-0.2, 0) is 4.79 Å². The topological polar surface area (TPSA) is 65.5 Å². The number of aromatic hydroxyl groups is 1. The van der Waals surface area contributed by atoms with Crippen LogP contribution >= 0.6 is 0 Å². The molecule has 1 amide bonds. The highest BCUT2D eigenvalue weighted by molar-refractivity contribution is 5.89. The summed E-state index contributed by atoms with van der Waals surface area (Å²) in [5.74, 6) is 1.01. The van der Waals surface area contributed by atoms with Gasteiger partial charge in [0.1, 0.15) is 17.6 Å². The van der Waals surface area contributed by atoms with Crippen LogP contribution in [0, 0.1) is 12.8 Å². The SMILES string of the molecule is Cc1ccc(O)c(C2NC3(CCCC3)C(=O)N2CC2CC2)n1. The number of aryl methyl sites for hydroxylation is 1. The van der Waals surface area contributed by atoms with Crippen LogP contribution in [0.3, 0.4) is 0 Å². The van der Waals surface area contributed by atoms with Gasteiger partial charge in [-0.05, 0) is 50.7 Å². The van der Waals surface area contributed by atoms with Crippen LogP contribution in [0.5, 0.6) is 5.75 Å². The molecule has 2 heterocycles. The van der Waals surface area contributed by atoms with E-state index in [1.54, 1.807) is 12.1 Å². The highest BCUT2D eigenvalue weighted by Crippen LogP contribution is 2.44. The first-order chi connectivity index (χ1) is 10.6. The minimum absolute atomic E-state index is 0.173. The standard InChI is InChI=1S/C17H23N3O2/c1-11-4-7-13(21)14(18-11)15-19-17(8-2-3-9-17)16(22)20(15)10-12-5-6-12/h4,7,12,15,19,21H,2-3,5-6,8-10H2,1H3. The number of aromatic nitrogens is 1. The van der Waals surface area contributed by atoms with Crippen molar-refractivity contribution in [2.24, 2.45) is 5.92 Å². The summed E-state index contributed by atoms with van der Waals surface area (Å²) in [4.78, 5) is 19.5. The van der Waals surface area contributed by atoms with Crippen molar-refractivity contribution in [3.63, 3.8) is 0 Å². The van der Waals surface area contributed by atoms with Crippen LogP contribution in [0.1, 0.15) is 56.1 Å². The number of nitrogens with zero attached hydrogens (tertiary/aromatic N) is 2. The van der Waals surface area contributed by atoms with E-state index in [-0.39, 0.29) is 17.8 Å². The molecule has 2 N–H and O–H groups in total. The molecule has 4 rings (SSSR count). The number of rotatable bonds is 3. The van der Waals surface area contributed by atoms with Gasteiger partial charge >= 0.3 is 0 Å². The Kier molecular flexibility index (Phi) is 3.15. The molecule has 1 atom stereocenters. The Morgan fingerprint density at radius 1 is 1.36 bits per heavy atom. The molecule has 1 spiro atoms. The first-order valence-corrected chi connectivity index (χ1v) is 8.34. The fourth-order valence-electron chi connectivity index (χ4n) is 3.88. The zero-order valence-electron chi connectivity index (χ0n) is 13.0. The van der Waals surface area contributed by atoms with E-state index in [1.165, 1.54) is 12.8 Å². The predicted octanol–water partition coefficient (Wildman–Crippen LogP) is 2.25. The number of hydrogen-bond donors (Lipinski definition) is 2. The molecule has 3 aliphatic rings. The smallest absolute Gasteiger partial charge is 0.244 e. The number of pyridine rings is 1. The van der Waals surface area contributed by atoms with E-state index in [0.29, 0.717) is 11.6 Å². The Morgan fingerprint density at radius 2 is 2.09 bits per heavy atom. The van der Waals surface area contributed by atoms with Gasteiger partial charge in [-0.25, -0.2) is 0 Å². The molecule has 0 radical (unpaired) electrons. The summed E-state index contributed by atoms with van der Waals surface area (Å²) in [6.45, 7) is 2.70. The minimum Gasteiger partial charge on any atom is -0.506 e. The van der Waals surface area contributed by atoms with E-state index in [2.05, 4.69) is 10.3 Å². The van der Waals surface area contributed by atoms with Crippen molar-refractivity contribution in [3.8, 4) is 5.75 Å². The van der Waals surface area contributed by atoms with E-state index in [1.807, 2.05) is 11.8 Å². The number of amides is 1. The Bertz CT molecular complexity index is 606. The normalized spacial score (nSPS) is 27.0. The molecule has 1 aromatic rings. The summed E-state index contributed by atoms with van der Waals surface area (Å²) >= 11 is 0. The lowest BCUT2D eigenvalue weighted by Crippen LogP contribution is -2.44. The lowest BCUT2D eigenvalue weighted by molar-refractivity contribution is -0.133. The molecule has 22 heavy (non-hydrogen) atoms. The lowest BCUT2D eigenvalue weighted by atomic mass is 9.98. The van der Waals surface area contributed by atoms with Crippen molar-refractivity contribution in [1.29, 1.82) is 0 Å². The van der Waals surface area contributed by atoms with Crippen molar-refractivity contribution in [3.05, 3.63) is 23.5 Å². The van der Waals surface area contributed by atoms with Crippen molar-refractivity contribution in [2.45, 2.75) is 57.2 Å². The molecule has 118 valence electrons. The summed E-state index contributed by atoms with van der Waals surface area (Å²) in [6.07, 6.45) is 6.11. The Morgan fingerprint density at radius 3 is 2.77 bits per heavy atom. The lowest BCUT2D eigenvalue weighted by Gasteiger charge is -2.24. The molecule has 2 saturated carbocycles. The average Bonchev–Trinajstić information content (AvgIpc) is 3.13. The van der Waals surface area contributed by atoms with Gasteiger partial charge < -0.3 is 10.0 Å². The predicted molar refractivity (Wildman–Crippen MR) is 82.2 cm³/mol. The summed E-state index contributed by atoms with van der Waals surface area (Å²) in [6, 6.07) is 3.48. The maximum atomic E-state index is 13.0. The monoisotopic (exact) mass is 301 g/mol. The van der Waals surface area contributed by atoms with Crippen molar-refractivity contribution >= 4 is 5.91 Å². The first kappa shape index (κ1) is 14.0. The second-order valence-electron chi connectivity index (χ2n) is 7.09. The Labute approximate surface area is 130 Å². The third kappa shape index (κ3) is 2.19. The minimum atomic E-state index is -0.419. The quantitative estimate of drug-likeness (QED) is 0.898. The molecular weight excluding hydrogens is 278 g/mol. The molecule has 0 aromatic carbocycles. The molecule has 0 bridgehead atoms.